The number of halogens is 2. The summed E-state index contributed by atoms with van der Waals surface area (Å²) in [5, 5.41) is 2.50. The smallest absolute Gasteiger partial charge is 0.265 e. The number of methoxy groups -OCH3 is 1. The Bertz CT molecular complexity index is 678. The van der Waals surface area contributed by atoms with Gasteiger partial charge in [-0.1, -0.05) is 22.0 Å². The summed E-state index contributed by atoms with van der Waals surface area (Å²) in [5.74, 6) is 0.169. The summed E-state index contributed by atoms with van der Waals surface area (Å²) in [7, 11) is 1.55. The van der Waals surface area contributed by atoms with Gasteiger partial charge < -0.3 is 14.8 Å². The molecule has 1 N–H and O–H groups in total. The minimum Gasteiger partial charge on any atom is -0.497 e. The van der Waals surface area contributed by atoms with Crippen LogP contribution in [0.1, 0.15) is 6.92 Å². The summed E-state index contributed by atoms with van der Waals surface area (Å²) >= 11 is 3.16. The molecule has 0 saturated heterocycles. The maximum absolute atomic E-state index is 13.7. The van der Waals surface area contributed by atoms with E-state index in [1.165, 1.54) is 12.1 Å². The number of nitrogens with one attached hydrogen (secondary N) is 1. The van der Waals surface area contributed by atoms with Crippen LogP contribution in [0, 0.1) is 5.82 Å². The Balaban J connectivity index is 2.02. The molecule has 0 bridgehead atoms. The molecule has 1 amide bonds. The fraction of sp³-hybridized carbons (Fsp3) is 0.188. The minimum absolute atomic E-state index is 0.106. The van der Waals surface area contributed by atoms with Crippen molar-refractivity contribution in [3.63, 3.8) is 0 Å². The van der Waals surface area contributed by atoms with E-state index in [9.17, 15) is 9.18 Å². The van der Waals surface area contributed by atoms with E-state index in [1.54, 1.807) is 44.4 Å². The maximum Gasteiger partial charge on any atom is 0.265 e. The van der Waals surface area contributed by atoms with Crippen LogP contribution in [-0.2, 0) is 4.79 Å². The van der Waals surface area contributed by atoms with Crippen LogP contribution in [0.15, 0.2) is 46.9 Å². The number of hydrogen-bond donors (Lipinski definition) is 1. The average Bonchev–Trinajstić information content (AvgIpc) is 2.50. The summed E-state index contributed by atoms with van der Waals surface area (Å²) in [6.45, 7) is 1.59. The molecule has 2 rings (SSSR count). The van der Waals surface area contributed by atoms with Crippen LogP contribution in [0.5, 0.6) is 11.5 Å². The van der Waals surface area contributed by atoms with Crippen molar-refractivity contribution < 1.29 is 18.7 Å². The first-order chi connectivity index (χ1) is 10.5. The van der Waals surface area contributed by atoms with Gasteiger partial charge in [0, 0.05) is 10.5 Å². The van der Waals surface area contributed by atoms with Crippen molar-refractivity contribution in [1.29, 1.82) is 0 Å². The Kier molecular flexibility index (Phi) is 5.38. The second-order valence-corrected chi connectivity index (χ2v) is 5.47. The number of carbonyl (C=O) groups is 1. The number of ether oxygens (including phenoxy) is 2. The predicted octanol–water partition coefficient (Wildman–Crippen LogP) is 4.00. The van der Waals surface area contributed by atoms with Crippen molar-refractivity contribution in [2.45, 2.75) is 13.0 Å². The zero-order chi connectivity index (χ0) is 16.1. The summed E-state index contributed by atoms with van der Waals surface area (Å²) in [5.41, 5.74) is 0.106. The van der Waals surface area contributed by atoms with Crippen molar-refractivity contribution in [1.82, 2.24) is 0 Å². The van der Waals surface area contributed by atoms with Crippen LogP contribution in [0.3, 0.4) is 0 Å². The summed E-state index contributed by atoms with van der Waals surface area (Å²) in [6, 6.07) is 11.3. The molecule has 0 spiro atoms. The molecule has 0 aliphatic heterocycles. The Labute approximate surface area is 136 Å². The lowest BCUT2D eigenvalue weighted by molar-refractivity contribution is -0.122. The van der Waals surface area contributed by atoms with Gasteiger partial charge in [0.1, 0.15) is 17.3 Å². The third kappa shape index (κ3) is 4.21. The van der Waals surface area contributed by atoms with Gasteiger partial charge in [-0.25, -0.2) is 4.39 Å². The van der Waals surface area contributed by atoms with Crippen LogP contribution in [0.2, 0.25) is 0 Å². The van der Waals surface area contributed by atoms with Crippen LogP contribution in [0.25, 0.3) is 0 Å². The van der Waals surface area contributed by atoms with E-state index in [0.717, 1.165) is 0 Å². The fourth-order valence-electron chi connectivity index (χ4n) is 1.76. The highest BCUT2D eigenvalue weighted by Crippen LogP contribution is 2.22. The number of anilines is 1. The Morgan fingerprint density at radius 3 is 2.64 bits per heavy atom. The summed E-state index contributed by atoms with van der Waals surface area (Å²) in [4.78, 5) is 12.1. The molecule has 116 valence electrons. The molecule has 0 saturated carbocycles. The average molecular weight is 368 g/mol. The van der Waals surface area contributed by atoms with Crippen LogP contribution in [-0.4, -0.2) is 19.1 Å². The first-order valence-electron chi connectivity index (χ1n) is 6.56. The van der Waals surface area contributed by atoms with E-state index in [-0.39, 0.29) is 5.69 Å². The molecule has 6 heteroatoms. The highest BCUT2D eigenvalue weighted by molar-refractivity contribution is 9.10. The van der Waals surface area contributed by atoms with Crippen LogP contribution in [0.4, 0.5) is 10.1 Å². The Hall–Kier alpha value is -2.08. The van der Waals surface area contributed by atoms with Gasteiger partial charge in [-0.15, -0.1) is 0 Å². The lowest BCUT2D eigenvalue weighted by atomic mass is 10.2. The molecule has 0 aromatic heterocycles. The molecule has 0 aliphatic rings. The monoisotopic (exact) mass is 367 g/mol. The topological polar surface area (TPSA) is 47.6 Å². The van der Waals surface area contributed by atoms with Crippen molar-refractivity contribution in [2.75, 3.05) is 12.4 Å². The molecule has 22 heavy (non-hydrogen) atoms. The molecule has 0 aliphatic carbocycles. The number of carbonyl (C=O) groups excluding carboxylic acids is 1. The highest BCUT2D eigenvalue weighted by atomic mass is 79.9. The fourth-order valence-corrected chi connectivity index (χ4v) is 2.09. The lowest BCUT2D eigenvalue weighted by Gasteiger charge is -2.15. The van der Waals surface area contributed by atoms with E-state index in [2.05, 4.69) is 21.2 Å². The standard InChI is InChI=1S/C16H15BrFNO3/c1-10(22-13-5-3-4-12(9-13)21-2)16(20)19-15-7-6-11(17)8-14(15)18/h3-10H,1-2H3,(H,19,20)/t10-/m0/s1. The van der Waals surface area contributed by atoms with E-state index in [1.807, 2.05) is 0 Å². The molecular formula is C16H15BrFNO3. The quantitative estimate of drug-likeness (QED) is 0.868. The molecule has 0 heterocycles. The van der Waals surface area contributed by atoms with Gasteiger partial charge >= 0.3 is 0 Å². The van der Waals surface area contributed by atoms with E-state index >= 15 is 0 Å². The first-order valence-corrected chi connectivity index (χ1v) is 7.35. The molecule has 0 fully saturated rings. The Morgan fingerprint density at radius 1 is 1.23 bits per heavy atom. The summed E-state index contributed by atoms with van der Waals surface area (Å²) in [6.07, 6.45) is -0.782. The van der Waals surface area contributed by atoms with Crippen molar-refractivity contribution in [3.05, 3.63) is 52.8 Å². The molecule has 2 aromatic carbocycles. The number of hydrogen-bond acceptors (Lipinski definition) is 3. The van der Waals surface area contributed by atoms with Crippen molar-refractivity contribution >= 4 is 27.5 Å². The summed E-state index contributed by atoms with van der Waals surface area (Å²) < 4.78 is 24.9. The second kappa shape index (κ2) is 7.26. The SMILES string of the molecule is COc1cccc(O[C@@H](C)C(=O)Nc2ccc(Br)cc2F)c1. The van der Waals surface area contributed by atoms with Gasteiger partial charge in [0.15, 0.2) is 6.10 Å². The van der Waals surface area contributed by atoms with E-state index in [4.69, 9.17) is 9.47 Å². The number of rotatable bonds is 5. The zero-order valence-corrected chi connectivity index (χ0v) is 13.7. The molecular weight excluding hydrogens is 353 g/mol. The van der Waals surface area contributed by atoms with Gasteiger partial charge in [0.2, 0.25) is 0 Å². The van der Waals surface area contributed by atoms with Crippen LogP contribution >= 0.6 is 15.9 Å². The second-order valence-electron chi connectivity index (χ2n) is 4.55. The lowest BCUT2D eigenvalue weighted by Crippen LogP contribution is -2.30. The predicted molar refractivity (Wildman–Crippen MR) is 85.8 cm³/mol. The molecule has 0 unspecified atom stereocenters. The van der Waals surface area contributed by atoms with Crippen LogP contribution < -0.4 is 14.8 Å². The van der Waals surface area contributed by atoms with Gasteiger partial charge in [0.25, 0.3) is 5.91 Å². The Morgan fingerprint density at radius 2 is 1.95 bits per heavy atom. The van der Waals surface area contributed by atoms with Crippen molar-refractivity contribution in [3.8, 4) is 11.5 Å². The number of amides is 1. The maximum atomic E-state index is 13.7. The van der Waals surface area contributed by atoms with Gasteiger partial charge in [-0.3, -0.25) is 4.79 Å². The molecule has 0 radical (unpaired) electrons. The largest absolute Gasteiger partial charge is 0.497 e. The zero-order valence-electron chi connectivity index (χ0n) is 12.1. The van der Waals surface area contributed by atoms with Gasteiger partial charge in [0.05, 0.1) is 12.8 Å². The third-order valence-corrected chi connectivity index (χ3v) is 3.41. The minimum atomic E-state index is -0.782. The third-order valence-electron chi connectivity index (χ3n) is 2.91. The molecule has 4 nitrogen and oxygen atoms in total. The van der Waals surface area contributed by atoms with E-state index < -0.39 is 17.8 Å². The first kappa shape index (κ1) is 16.3. The molecule has 1 atom stereocenters. The number of benzene rings is 2. The van der Waals surface area contributed by atoms with Gasteiger partial charge in [-0.05, 0) is 37.3 Å². The van der Waals surface area contributed by atoms with Gasteiger partial charge in [-0.2, -0.15) is 0 Å². The van der Waals surface area contributed by atoms with E-state index in [0.29, 0.717) is 16.0 Å². The molecule has 2 aromatic rings. The normalized spacial score (nSPS) is 11.6. The highest BCUT2D eigenvalue weighted by Gasteiger charge is 2.16. The van der Waals surface area contributed by atoms with Crippen molar-refractivity contribution in [2.24, 2.45) is 0 Å².